The smallest absolute Gasteiger partial charge is 0.259 e. The largest absolute Gasteiger partial charge is 0.314 e. The fourth-order valence-corrected chi connectivity index (χ4v) is 3.98. The average Bonchev–Trinajstić information content (AvgIpc) is 3.21. The molecule has 1 aliphatic heterocycles. The number of amides is 2. The van der Waals surface area contributed by atoms with Crippen molar-refractivity contribution < 1.29 is 9.59 Å². The predicted octanol–water partition coefficient (Wildman–Crippen LogP) is 3.71. The highest BCUT2D eigenvalue weighted by atomic mass is 32.1. The second-order valence-corrected chi connectivity index (χ2v) is 7.81. The van der Waals surface area contributed by atoms with Gasteiger partial charge in [-0.15, -0.1) is 11.3 Å². The molecule has 0 aliphatic carbocycles. The molecule has 4 rings (SSSR count). The molecule has 0 unspecified atom stereocenters. The lowest BCUT2D eigenvalue weighted by molar-refractivity contribution is -0.121. The van der Waals surface area contributed by atoms with Gasteiger partial charge in [0.2, 0.25) is 5.91 Å². The van der Waals surface area contributed by atoms with Gasteiger partial charge in [0.1, 0.15) is 0 Å². The van der Waals surface area contributed by atoms with Gasteiger partial charge in [0.15, 0.2) is 5.13 Å². The summed E-state index contributed by atoms with van der Waals surface area (Å²) < 4.78 is 0. The van der Waals surface area contributed by atoms with Crippen LogP contribution in [0.4, 0.5) is 10.8 Å². The van der Waals surface area contributed by atoms with Crippen molar-refractivity contribution in [2.24, 2.45) is 0 Å². The van der Waals surface area contributed by atoms with Gasteiger partial charge in [-0.2, -0.15) is 0 Å². The fraction of sp³-hybridized carbons (Fsp3) is 0.200. The molecular formula is C20H18N4O2S. The Labute approximate surface area is 160 Å². The highest BCUT2D eigenvalue weighted by Gasteiger charge is 2.42. The molecule has 1 N–H and O–H groups in total. The number of hydrogen-bond donors (Lipinski definition) is 1. The molecule has 0 spiro atoms. The number of fused-ring (bicyclic) bond motifs is 1. The summed E-state index contributed by atoms with van der Waals surface area (Å²) in [7, 11) is 1.80. The first-order valence-corrected chi connectivity index (χ1v) is 9.36. The molecule has 1 aromatic carbocycles. The van der Waals surface area contributed by atoms with E-state index in [0.717, 1.165) is 22.5 Å². The molecule has 136 valence electrons. The molecule has 0 atom stereocenters. The fourth-order valence-electron chi connectivity index (χ4n) is 3.26. The Morgan fingerprint density at radius 1 is 1.26 bits per heavy atom. The van der Waals surface area contributed by atoms with E-state index in [1.54, 1.807) is 30.3 Å². The lowest BCUT2D eigenvalue weighted by Gasteiger charge is -2.16. The summed E-state index contributed by atoms with van der Waals surface area (Å²) in [5.41, 5.74) is 3.52. The third-order valence-corrected chi connectivity index (χ3v) is 5.57. The molecule has 7 heteroatoms. The van der Waals surface area contributed by atoms with Crippen molar-refractivity contribution in [1.82, 2.24) is 9.97 Å². The number of carbonyl (C=O) groups excluding carboxylic acids is 2. The van der Waals surface area contributed by atoms with Crippen LogP contribution >= 0.6 is 11.3 Å². The third-order valence-electron chi connectivity index (χ3n) is 4.81. The Hall–Kier alpha value is -3.06. The number of nitrogens with one attached hydrogen (secondary N) is 1. The molecule has 0 saturated carbocycles. The van der Waals surface area contributed by atoms with Crippen LogP contribution in [-0.2, 0) is 10.2 Å². The van der Waals surface area contributed by atoms with E-state index in [4.69, 9.17) is 0 Å². The van der Waals surface area contributed by atoms with E-state index in [0.29, 0.717) is 10.7 Å². The van der Waals surface area contributed by atoms with Crippen molar-refractivity contribution >= 4 is 34.0 Å². The van der Waals surface area contributed by atoms with Crippen LogP contribution in [0.2, 0.25) is 0 Å². The normalized spacial score (nSPS) is 14.9. The van der Waals surface area contributed by atoms with Crippen LogP contribution in [0.15, 0.2) is 48.1 Å². The summed E-state index contributed by atoms with van der Waals surface area (Å²) in [6.07, 6.45) is 3.13. The quantitative estimate of drug-likeness (QED) is 0.754. The number of pyridine rings is 1. The molecule has 3 aromatic rings. The number of likely N-dealkylation sites (N-methyl/N-ethyl adjacent to an activating group) is 1. The molecule has 0 radical (unpaired) electrons. The first-order valence-electron chi connectivity index (χ1n) is 8.48. The molecule has 0 saturated heterocycles. The SMILES string of the molecule is CN1C(=O)C(C)(C)c2cc(-c3csc(NC(=O)c4cccnc4)n3)ccc21. The second-order valence-electron chi connectivity index (χ2n) is 6.95. The molecule has 2 amide bonds. The Bertz CT molecular complexity index is 1040. The lowest BCUT2D eigenvalue weighted by atomic mass is 9.85. The number of aromatic nitrogens is 2. The van der Waals surface area contributed by atoms with Crippen molar-refractivity contribution in [3.63, 3.8) is 0 Å². The van der Waals surface area contributed by atoms with E-state index in [9.17, 15) is 9.59 Å². The van der Waals surface area contributed by atoms with Gasteiger partial charge in [-0.1, -0.05) is 6.07 Å². The van der Waals surface area contributed by atoms with Gasteiger partial charge in [-0.25, -0.2) is 4.98 Å². The van der Waals surface area contributed by atoms with Crippen LogP contribution in [0.25, 0.3) is 11.3 Å². The van der Waals surface area contributed by atoms with Crippen LogP contribution in [-0.4, -0.2) is 28.8 Å². The predicted molar refractivity (Wildman–Crippen MR) is 106 cm³/mol. The van der Waals surface area contributed by atoms with E-state index in [2.05, 4.69) is 15.3 Å². The zero-order valence-corrected chi connectivity index (χ0v) is 16.0. The van der Waals surface area contributed by atoms with E-state index in [1.165, 1.54) is 17.5 Å². The minimum absolute atomic E-state index is 0.0809. The van der Waals surface area contributed by atoms with E-state index < -0.39 is 5.41 Å². The minimum Gasteiger partial charge on any atom is -0.314 e. The molecule has 3 heterocycles. The van der Waals surface area contributed by atoms with Gasteiger partial charge in [-0.05, 0) is 43.7 Å². The molecule has 0 fully saturated rings. The second kappa shape index (κ2) is 6.28. The zero-order chi connectivity index (χ0) is 19.2. The lowest BCUT2D eigenvalue weighted by Crippen LogP contribution is -2.33. The van der Waals surface area contributed by atoms with Gasteiger partial charge in [0.25, 0.3) is 5.91 Å². The summed E-state index contributed by atoms with van der Waals surface area (Å²) in [6.45, 7) is 3.87. The Kier molecular flexibility index (Phi) is 4.04. The molecule has 27 heavy (non-hydrogen) atoms. The van der Waals surface area contributed by atoms with Crippen molar-refractivity contribution in [2.75, 3.05) is 17.3 Å². The number of thiazole rings is 1. The standard InChI is InChI=1S/C20H18N4O2S/c1-20(2)14-9-12(6-7-16(14)24(3)18(20)26)15-11-27-19(22-15)23-17(25)13-5-4-8-21-10-13/h4-11H,1-3H3,(H,22,23,25). The van der Waals surface area contributed by atoms with Gasteiger partial charge in [0.05, 0.1) is 16.7 Å². The number of carbonyl (C=O) groups is 2. The van der Waals surface area contributed by atoms with E-state index >= 15 is 0 Å². The van der Waals surface area contributed by atoms with Crippen LogP contribution in [0.3, 0.4) is 0 Å². The highest BCUT2D eigenvalue weighted by Crippen LogP contribution is 2.42. The van der Waals surface area contributed by atoms with Gasteiger partial charge >= 0.3 is 0 Å². The van der Waals surface area contributed by atoms with Crippen molar-refractivity contribution in [2.45, 2.75) is 19.3 Å². The van der Waals surface area contributed by atoms with Crippen LogP contribution in [0, 0.1) is 0 Å². The first kappa shape index (κ1) is 17.4. The van der Waals surface area contributed by atoms with Crippen LogP contribution < -0.4 is 10.2 Å². The monoisotopic (exact) mass is 378 g/mol. The summed E-state index contributed by atoms with van der Waals surface area (Å²) in [5, 5.41) is 5.21. The zero-order valence-electron chi connectivity index (χ0n) is 15.2. The van der Waals surface area contributed by atoms with Crippen LogP contribution in [0.1, 0.15) is 29.8 Å². The number of rotatable bonds is 3. The Morgan fingerprint density at radius 2 is 2.07 bits per heavy atom. The molecule has 1 aliphatic rings. The maximum atomic E-state index is 12.5. The maximum absolute atomic E-state index is 12.5. The maximum Gasteiger partial charge on any atom is 0.259 e. The first-order chi connectivity index (χ1) is 12.9. The number of anilines is 2. The summed E-state index contributed by atoms with van der Waals surface area (Å²) in [5.74, 6) is -0.163. The van der Waals surface area contributed by atoms with E-state index in [1.807, 2.05) is 37.4 Å². The van der Waals surface area contributed by atoms with E-state index in [-0.39, 0.29) is 11.8 Å². The van der Waals surface area contributed by atoms with Crippen molar-refractivity contribution in [3.8, 4) is 11.3 Å². The number of benzene rings is 1. The summed E-state index contributed by atoms with van der Waals surface area (Å²) >= 11 is 1.36. The van der Waals surface area contributed by atoms with Crippen LogP contribution in [0.5, 0.6) is 0 Å². The average molecular weight is 378 g/mol. The number of nitrogens with zero attached hydrogens (tertiary/aromatic N) is 3. The Morgan fingerprint density at radius 3 is 2.81 bits per heavy atom. The molecule has 0 bridgehead atoms. The topological polar surface area (TPSA) is 75.2 Å². The highest BCUT2D eigenvalue weighted by molar-refractivity contribution is 7.14. The van der Waals surface area contributed by atoms with Crippen molar-refractivity contribution in [3.05, 3.63) is 59.2 Å². The Balaban J connectivity index is 1.61. The summed E-state index contributed by atoms with van der Waals surface area (Å²) in [6, 6.07) is 9.33. The molecule has 6 nitrogen and oxygen atoms in total. The van der Waals surface area contributed by atoms with Crippen molar-refractivity contribution in [1.29, 1.82) is 0 Å². The molecule has 2 aromatic heterocycles. The van der Waals surface area contributed by atoms with Gasteiger partial charge in [-0.3, -0.25) is 19.9 Å². The molecular weight excluding hydrogens is 360 g/mol. The summed E-state index contributed by atoms with van der Waals surface area (Å²) in [4.78, 5) is 34.9. The van der Waals surface area contributed by atoms with Gasteiger partial charge in [0, 0.05) is 36.1 Å². The minimum atomic E-state index is -0.562. The third kappa shape index (κ3) is 2.90. The van der Waals surface area contributed by atoms with Gasteiger partial charge < -0.3 is 4.90 Å². The number of hydrogen-bond acceptors (Lipinski definition) is 5.